The molecule has 0 heterocycles. The average molecular weight is 461 g/mol. The third kappa shape index (κ3) is 7.20. The van der Waals surface area contributed by atoms with Gasteiger partial charge in [-0.1, -0.05) is 53.5 Å². The Hall–Kier alpha value is -2.34. The van der Waals surface area contributed by atoms with E-state index in [0.29, 0.717) is 13.1 Å². The highest BCUT2D eigenvalue weighted by atomic mass is 79.9. The van der Waals surface area contributed by atoms with E-state index in [1.165, 1.54) is 0 Å². The quantitative estimate of drug-likeness (QED) is 0.536. The van der Waals surface area contributed by atoms with Crippen LogP contribution in [0.15, 0.2) is 53.0 Å². The van der Waals surface area contributed by atoms with Crippen LogP contribution in [0.25, 0.3) is 0 Å². The maximum Gasteiger partial charge on any atom is 0.242 e. The number of carbonyl (C=O) groups is 2. The number of hydrogen-bond acceptors (Lipinski definition) is 3. The van der Waals surface area contributed by atoms with Crippen LogP contribution in [0.1, 0.15) is 37.8 Å². The van der Waals surface area contributed by atoms with E-state index in [2.05, 4.69) is 28.2 Å². The molecule has 0 fully saturated rings. The van der Waals surface area contributed by atoms with E-state index in [0.717, 1.165) is 34.2 Å². The second kappa shape index (κ2) is 11.6. The molecule has 6 heteroatoms. The number of rotatable bonds is 10. The predicted octanol–water partition coefficient (Wildman–Crippen LogP) is 4.33. The highest BCUT2D eigenvalue weighted by molar-refractivity contribution is 9.10. The van der Waals surface area contributed by atoms with Crippen LogP contribution < -0.4 is 10.1 Å². The molecule has 0 aromatic heterocycles. The summed E-state index contributed by atoms with van der Waals surface area (Å²) in [6.07, 6.45) is 2.15. The lowest BCUT2D eigenvalue weighted by Gasteiger charge is -2.29. The molecule has 29 heavy (non-hydrogen) atoms. The number of hydrogen-bond donors (Lipinski definition) is 1. The first-order valence-electron chi connectivity index (χ1n) is 9.89. The number of ether oxygens (including phenoxy) is 1. The van der Waals surface area contributed by atoms with Crippen molar-refractivity contribution in [3.63, 3.8) is 0 Å². The lowest BCUT2D eigenvalue weighted by atomic mass is 10.1. The van der Waals surface area contributed by atoms with Crippen LogP contribution in [0.5, 0.6) is 5.75 Å². The molecule has 5 nitrogen and oxygen atoms in total. The number of methoxy groups -OCH3 is 1. The molecule has 2 aromatic rings. The maximum absolute atomic E-state index is 13.1. The molecule has 0 saturated carbocycles. The van der Waals surface area contributed by atoms with Gasteiger partial charge in [-0.2, -0.15) is 0 Å². The number of unbranched alkanes of at least 4 members (excludes halogenated alkanes) is 1. The largest absolute Gasteiger partial charge is 0.497 e. The van der Waals surface area contributed by atoms with Crippen LogP contribution in [-0.4, -0.2) is 36.4 Å². The Balaban J connectivity index is 2.17. The Kier molecular flexibility index (Phi) is 9.19. The van der Waals surface area contributed by atoms with Gasteiger partial charge in [0.05, 0.1) is 13.5 Å². The number of nitrogens with one attached hydrogen (secondary N) is 1. The zero-order valence-electron chi connectivity index (χ0n) is 17.3. The first-order chi connectivity index (χ1) is 13.9. The van der Waals surface area contributed by atoms with Crippen molar-refractivity contribution in [3.8, 4) is 5.75 Å². The molecule has 1 atom stereocenters. The molecular weight excluding hydrogens is 432 g/mol. The fourth-order valence-corrected chi connectivity index (χ4v) is 3.42. The molecule has 156 valence electrons. The Labute approximate surface area is 181 Å². The summed E-state index contributed by atoms with van der Waals surface area (Å²) in [7, 11) is 1.61. The van der Waals surface area contributed by atoms with Crippen molar-refractivity contribution in [1.29, 1.82) is 0 Å². The summed E-state index contributed by atoms with van der Waals surface area (Å²) in [5, 5.41) is 2.94. The zero-order chi connectivity index (χ0) is 21.2. The molecule has 0 aliphatic carbocycles. The first kappa shape index (κ1) is 22.9. The van der Waals surface area contributed by atoms with Crippen LogP contribution in [0.3, 0.4) is 0 Å². The summed E-state index contributed by atoms with van der Waals surface area (Å²) in [5.74, 6) is 0.528. The summed E-state index contributed by atoms with van der Waals surface area (Å²) in [6, 6.07) is 14.7. The van der Waals surface area contributed by atoms with Gasteiger partial charge >= 0.3 is 0 Å². The van der Waals surface area contributed by atoms with Crippen LogP contribution in [0.4, 0.5) is 0 Å². The third-order valence-corrected chi connectivity index (χ3v) is 5.25. The van der Waals surface area contributed by atoms with E-state index in [1.54, 1.807) is 18.9 Å². The SMILES string of the molecule is CCCCNC(=O)C(C)N(Cc1cccc(Br)c1)C(=O)Cc1ccc(OC)cc1. The van der Waals surface area contributed by atoms with Crippen molar-refractivity contribution in [2.75, 3.05) is 13.7 Å². The van der Waals surface area contributed by atoms with Crippen LogP contribution in [0.2, 0.25) is 0 Å². The molecule has 2 aromatic carbocycles. The van der Waals surface area contributed by atoms with Gasteiger partial charge in [-0.05, 0) is 48.7 Å². The second-order valence-electron chi connectivity index (χ2n) is 7.00. The number of amides is 2. The molecular formula is C23H29BrN2O3. The Morgan fingerprint density at radius 2 is 1.86 bits per heavy atom. The van der Waals surface area contributed by atoms with Gasteiger partial charge in [0, 0.05) is 17.6 Å². The van der Waals surface area contributed by atoms with Gasteiger partial charge < -0.3 is 15.0 Å². The van der Waals surface area contributed by atoms with Gasteiger partial charge in [-0.3, -0.25) is 9.59 Å². The molecule has 0 aliphatic rings. The minimum absolute atomic E-state index is 0.0896. The summed E-state index contributed by atoms with van der Waals surface area (Å²) in [6.45, 7) is 4.85. The minimum Gasteiger partial charge on any atom is -0.497 e. The Bertz CT molecular complexity index is 808. The second-order valence-corrected chi connectivity index (χ2v) is 7.91. The van der Waals surface area contributed by atoms with Gasteiger partial charge in [-0.15, -0.1) is 0 Å². The van der Waals surface area contributed by atoms with E-state index in [-0.39, 0.29) is 18.2 Å². The van der Waals surface area contributed by atoms with Crippen LogP contribution >= 0.6 is 15.9 Å². The van der Waals surface area contributed by atoms with Crippen molar-refractivity contribution in [2.45, 2.75) is 45.7 Å². The van der Waals surface area contributed by atoms with Crippen LogP contribution in [-0.2, 0) is 22.6 Å². The number of halogens is 1. The average Bonchev–Trinajstić information content (AvgIpc) is 2.72. The predicted molar refractivity (Wildman–Crippen MR) is 119 cm³/mol. The molecule has 0 saturated heterocycles. The van der Waals surface area contributed by atoms with Gasteiger partial charge in [0.2, 0.25) is 11.8 Å². The topological polar surface area (TPSA) is 58.6 Å². The highest BCUT2D eigenvalue weighted by Gasteiger charge is 2.26. The fraction of sp³-hybridized carbons (Fsp3) is 0.391. The molecule has 0 aliphatic heterocycles. The molecule has 0 radical (unpaired) electrons. The first-order valence-corrected chi connectivity index (χ1v) is 10.7. The van der Waals surface area contributed by atoms with Crippen molar-refractivity contribution in [2.24, 2.45) is 0 Å². The van der Waals surface area contributed by atoms with Crippen molar-refractivity contribution < 1.29 is 14.3 Å². The molecule has 2 amide bonds. The lowest BCUT2D eigenvalue weighted by molar-refractivity contribution is -0.140. The summed E-state index contributed by atoms with van der Waals surface area (Å²) in [5.41, 5.74) is 1.85. The standard InChI is InChI=1S/C23H29BrN2O3/c1-4-5-13-25-23(28)17(2)26(16-19-7-6-8-20(24)14-19)22(27)15-18-9-11-21(29-3)12-10-18/h6-12,14,17H,4-5,13,15-16H2,1-3H3,(H,25,28). The Morgan fingerprint density at radius 3 is 2.48 bits per heavy atom. The molecule has 0 bridgehead atoms. The zero-order valence-corrected chi connectivity index (χ0v) is 18.9. The third-order valence-electron chi connectivity index (χ3n) is 4.75. The minimum atomic E-state index is -0.559. The van der Waals surface area contributed by atoms with E-state index in [9.17, 15) is 9.59 Å². The normalized spacial score (nSPS) is 11.6. The van der Waals surface area contributed by atoms with E-state index < -0.39 is 6.04 Å². The molecule has 2 rings (SSSR count). The van der Waals surface area contributed by atoms with Crippen molar-refractivity contribution in [3.05, 3.63) is 64.1 Å². The number of carbonyl (C=O) groups excluding carboxylic acids is 2. The van der Waals surface area contributed by atoms with E-state index >= 15 is 0 Å². The summed E-state index contributed by atoms with van der Waals surface area (Å²) < 4.78 is 6.12. The smallest absolute Gasteiger partial charge is 0.242 e. The number of nitrogens with zero attached hydrogens (tertiary/aromatic N) is 1. The summed E-state index contributed by atoms with van der Waals surface area (Å²) >= 11 is 3.47. The monoisotopic (exact) mass is 460 g/mol. The van der Waals surface area contributed by atoms with Gasteiger partial charge in [0.1, 0.15) is 11.8 Å². The molecule has 1 N–H and O–H groups in total. The highest BCUT2D eigenvalue weighted by Crippen LogP contribution is 2.17. The van der Waals surface area contributed by atoms with E-state index in [4.69, 9.17) is 4.74 Å². The summed E-state index contributed by atoms with van der Waals surface area (Å²) in [4.78, 5) is 27.4. The number of benzene rings is 2. The molecule has 0 spiro atoms. The maximum atomic E-state index is 13.1. The lowest BCUT2D eigenvalue weighted by Crippen LogP contribution is -2.48. The van der Waals surface area contributed by atoms with Gasteiger partial charge in [0.25, 0.3) is 0 Å². The van der Waals surface area contributed by atoms with E-state index in [1.807, 2.05) is 48.5 Å². The Morgan fingerprint density at radius 1 is 1.14 bits per heavy atom. The van der Waals surface area contributed by atoms with Crippen molar-refractivity contribution >= 4 is 27.7 Å². The van der Waals surface area contributed by atoms with Crippen molar-refractivity contribution in [1.82, 2.24) is 10.2 Å². The fourth-order valence-electron chi connectivity index (χ4n) is 2.97. The van der Waals surface area contributed by atoms with Gasteiger partial charge in [0.15, 0.2) is 0 Å². The molecule has 1 unspecified atom stereocenters. The van der Waals surface area contributed by atoms with Gasteiger partial charge in [-0.25, -0.2) is 0 Å². The van der Waals surface area contributed by atoms with Crippen LogP contribution in [0, 0.1) is 0 Å².